The molecule has 0 saturated heterocycles. The lowest BCUT2D eigenvalue weighted by atomic mass is 10.1. The van der Waals surface area contributed by atoms with Crippen LogP contribution in [0.4, 0.5) is 5.69 Å². The van der Waals surface area contributed by atoms with Gasteiger partial charge < -0.3 is 30.2 Å². The van der Waals surface area contributed by atoms with E-state index in [0.29, 0.717) is 34.6 Å². The number of nitrogens with zero attached hydrogens (tertiary/aromatic N) is 1. The molecule has 0 fully saturated rings. The monoisotopic (exact) mass is 462 g/mol. The van der Waals surface area contributed by atoms with Crippen LogP contribution in [-0.2, 0) is 16.1 Å². The predicted octanol–water partition coefficient (Wildman–Crippen LogP) is 2.01. The fraction of sp³-hybridized carbons (Fsp3) is 0.238. The molecule has 1 aliphatic rings. The first-order valence-electron chi connectivity index (χ1n) is 9.46. The van der Waals surface area contributed by atoms with Crippen LogP contribution in [0.5, 0.6) is 11.5 Å². The molecule has 4 N–H and O–H groups in total. The Morgan fingerprint density at radius 1 is 1.25 bits per heavy atom. The fourth-order valence-electron chi connectivity index (χ4n) is 2.85. The lowest BCUT2D eigenvalue weighted by Gasteiger charge is -2.18. The summed E-state index contributed by atoms with van der Waals surface area (Å²) >= 11 is 0. The standard InChI is InChI=1S/C12H12N2O4.C9H10N2O2.ClH/c1-3-18-12(16)10-13-9-7(11(15)14-10)5-4-6-8(9)17-2;10-4-6-1-2-8-7(3-6)11-9(12)5-13-8;/h4-6H,3H2,1-2H3,(H,13,14,15);1-3H,4-5,10H2,(H,11,12);1H. The molecule has 0 atom stereocenters. The number of aromatic nitrogens is 2. The molecule has 0 radical (unpaired) electrons. The molecule has 32 heavy (non-hydrogen) atoms. The quantitative estimate of drug-likeness (QED) is 0.499. The third-order valence-electron chi connectivity index (χ3n) is 4.30. The van der Waals surface area contributed by atoms with Crippen molar-refractivity contribution in [1.82, 2.24) is 9.97 Å². The zero-order valence-electron chi connectivity index (χ0n) is 17.5. The molecule has 2 heterocycles. The largest absolute Gasteiger partial charge is 0.494 e. The van der Waals surface area contributed by atoms with Gasteiger partial charge in [0.2, 0.25) is 5.82 Å². The summed E-state index contributed by atoms with van der Waals surface area (Å²) in [7, 11) is 1.47. The Morgan fingerprint density at radius 2 is 2.03 bits per heavy atom. The first-order valence-corrected chi connectivity index (χ1v) is 9.46. The number of methoxy groups -OCH3 is 1. The van der Waals surface area contributed by atoms with E-state index in [0.717, 1.165) is 5.56 Å². The third-order valence-corrected chi connectivity index (χ3v) is 4.30. The van der Waals surface area contributed by atoms with E-state index in [4.69, 9.17) is 19.9 Å². The highest BCUT2D eigenvalue weighted by atomic mass is 35.5. The first-order chi connectivity index (χ1) is 15.0. The number of carbonyl (C=O) groups excluding carboxylic acids is 2. The Bertz CT molecular complexity index is 1180. The summed E-state index contributed by atoms with van der Waals surface area (Å²) in [6.07, 6.45) is 0. The van der Waals surface area contributed by atoms with Gasteiger partial charge in [-0.05, 0) is 36.8 Å². The third kappa shape index (κ3) is 5.54. The lowest BCUT2D eigenvalue weighted by molar-refractivity contribution is -0.118. The molecule has 0 aliphatic carbocycles. The number of benzene rings is 2. The molecule has 11 heteroatoms. The number of ether oxygens (including phenoxy) is 3. The van der Waals surface area contributed by atoms with Gasteiger partial charge in [0.05, 0.1) is 24.8 Å². The van der Waals surface area contributed by atoms with Crippen molar-refractivity contribution >= 4 is 40.9 Å². The van der Waals surface area contributed by atoms with Crippen LogP contribution < -0.4 is 26.1 Å². The smallest absolute Gasteiger partial charge is 0.374 e. The van der Waals surface area contributed by atoms with Crippen molar-refractivity contribution in [2.24, 2.45) is 5.73 Å². The molecule has 10 nitrogen and oxygen atoms in total. The molecule has 4 rings (SSSR count). The van der Waals surface area contributed by atoms with Gasteiger partial charge in [0.25, 0.3) is 11.5 Å². The van der Waals surface area contributed by atoms with Crippen molar-refractivity contribution < 1.29 is 23.8 Å². The predicted molar refractivity (Wildman–Crippen MR) is 121 cm³/mol. The number of H-pyrrole nitrogens is 1. The summed E-state index contributed by atoms with van der Waals surface area (Å²) < 4.78 is 15.1. The number of aromatic amines is 1. The SMILES string of the molecule is CCOC(=O)c1nc2c(OC)cccc2c(=O)[nH]1.Cl.NCc1ccc2c(c1)NC(=O)CO2. The van der Waals surface area contributed by atoms with Crippen LogP contribution in [-0.4, -0.2) is 42.2 Å². The molecule has 1 aliphatic heterocycles. The van der Waals surface area contributed by atoms with Crippen molar-refractivity contribution in [1.29, 1.82) is 0 Å². The molecule has 0 saturated carbocycles. The molecule has 0 spiro atoms. The average molecular weight is 463 g/mol. The summed E-state index contributed by atoms with van der Waals surface area (Å²) in [5.41, 5.74) is 7.09. The summed E-state index contributed by atoms with van der Waals surface area (Å²) in [5, 5.41) is 3.08. The van der Waals surface area contributed by atoms with Crippen LogP contribution >= 0.6 is 12.4 Å². The molecule has 0 bridgehead atoms. The van der Waals surface area contributed by atoms with Crippen molar-refractivity contribution in [2.75, 3.05) is 25.6 Å². The summed E-state index contributed by atoms with van der Waals surface area (Å²) in [5.74, 6) is 0.226. The highest BCUT2D eigenvalue weighted by Crippen LogP contribution is 2.28. The van der Waals surface area contributed by atoms with Crippen LogP contribution in [0.15, 0.2) is 41.2 Å². The van der Waals surface area contributed by atoms with Gasteiger partial charge in [0.15, 0.2) is 6.61 Å². The summed E-state index contributed by atoms with van der Waals surface area (Å²) in [6, 6.07) is 10.5. The zero-order valence-corrected chi connectivity index (χ0v) is 18.3. The van der Waals surface area contributed by atoms with Gasteiger partial charge in [-0.15, -0.1) is 12.4 Å². The number of esters is 1. The van der Waals surface area contributed by atoms with Gasteiger partial charge in [-0.25, -0.2) is 9.78 Å². The molecular formula is C21H23ClN4O6. The maximum Gasteiger partial charge on any atom is 0.374 e. The van der Waals surface area contributed by atoms with Gasteiger partial charge in [-0.2, -0.15) is 0 Å². The minimum atomic E-state index is -0.664. The van der Waals surface area contributed by atoms with Gasteiger partial charge in [0.1, 0.15) is 17.0 Å². The topological polar surface area (TPSA) is 146 Å². The number of para-hydroxylation sites is 1. The molecule has 2 aromatic carbocycles. The van der Waals surface area contributed by atoms with Gasteiger partial charge in [-0.3, -0.25) is 9.59 Å². The number of carbonyl (C=O) groups is 2. The van der Waals surface area contributed by atoms with Crippen LogP contribution in [0, 0.1) is 0 Å². The van der Waals surface area contributed by atoms with Crippen LogP contribution in [0.3, 0.4) is 0 Å². The Morgan fingerprint density at radius 3 is 2.72 bits per heavy atom. The molecule has 3 aromatic rings. The van der Waals surface area contributed by atoms with Gasteiger partial charge in [0, 0.05) is 6.54 Å². The molecule has 0 unspecified atom stereocenters. The first kappa shape index (κ1) is 24.6. The average Bonchev–Trinajstić information content (AvgIpc) is 2.78. The molecule has 1 aromatic heterocycles. The second-order valence-corrected chi connectivity index (χ2v) is 6.36. The number of nitrogens with one attached hydrogen (secondary N) is 2. The number of anilines is 1. The highest BCUT2D eigenvalue weighted by Gasteiger charge is 2.16. The van der Waals surface area contributed by atoms with E-state index >= 15 is 0 Å². The number of hydrogen-bond acceptors (Lipinski definition) is 8. The number of amides is 1. The minimum Gasteiger partial charge on any atom is -0.494 e. The van der Waals surface area contributed by atoms with E-state index in [9.17, 15) is 14.4 Å². The van der Waals surface area contributed by atoms with Crippen LogP contribution in [0.2, 0.25) is 0 Å². The maximum absolute atomic E-state index is 11.8. The maximum atomic E-state index is 11.8. The van der Waals surface area contributed by atoms with E-state index in [1.807, 2.05) is 18.2 Å². The number of halogens is 1. The van der Waals surface area contributed by atoms with Crippen molar-refractivity contribution in [2.45, 2.75) is 13.5 Å². The van der Waals surface area contributed by atoms with E-state index in [1.54, 1.807) is 25.1 Å². The van der Waals surface area contributed by atoms with E-state index in [-0.39, 0.29) is 37.4 Å². The van der Waals surface area contributed by atoms with Gasteiger partial charge in [-0.1, -0.05) is 12.1 Å². The van der Waals surface area contributed by atoms with Crippen LogP contribution in [0.25, 0.3) is 10.9 Å². The fourth-order valence-corrected chi connectivity index (χ4v) is 2.85. The summed E-state index contributed by atoms with van der Waals surface area (Å²) in [4.78, 5) is 40.8. The lowest BCUT2D eigenvalue weighted by Crippen LogP contribution is -2.25. The Balaban J connectivity index is 0.000000230. The Hall–Kier alpha value is -3.63. The van der Waals surface area contributed by atoms with Crippen molar-refractivity contribution in [3.63, 3.8) is 0 Å². The van der Waals surface area contributed by atoms with Gasteiger partial charge >= 0.3 is 5.97 Å². The van der Waals surface area contributed by atoms with E-state index < -0.39 is 11.5 Å². The number of nitrogens with two attached hydrogens (primary N) is 1. The highest BCUT2D eigenvalue weighted by molar-refractivity contribution is 5.95. The summed E-state index contributed by atoms with van der Waals surface area (Å²) in [6.45, 7) is 2.45. The normalized spacial score (nSPS) is 11.7. The number of fused-ring (bicyclic) bond motifs is 2. The second kappa shape index (κ2) is 11.1. The molecule has 170 valence electrons. The zero-order chi connectivity index (χ0) is 22.4. The minimum absolute atomic E-state index is 0. The number of hydrogen-bond donors (Lipinski definition) is 3. The number of rotatable bonds is 4. The van der Waals surface area contributed by atoms with E-state index in [2.05, 4.69) is 15.3 Å². The van der Waals surface area contributed by atoms with Crippen molar-refractivity contribution in [3.05, 3.63) is 58.1 Å². The Kier molecular flexibility index (Phi) is 8.56. The van der Waals surface area contributed by atoms with E-state index in [1.165, 1.54) is 7.11 Å². The Labute approximate surface area is 189 Å². The molecular weight excluding hydrogens is 440 g/mol. The second-order valence-electron chi connectivity index (χ2n) is 6.36. The molecule has 1 amide bonds. The van der Waals surface area contributed by atoms with Crippen LogP contribution in [0.1, 0.15) is 23.1 Å². The van der Waals surface area contributed by atoms with Crippen molar-refractivity contribution in [3.8, 4) is 11.5 Å².